The number of phenolic OH excluding ortho intramolecular Hbond substituents is 1. The Hall–Kier alpha value is -8.37. The third-order valence-corrected chi connectivity index (χ3v) is 11.4. The fraction of sp³-hybridized carbons (Fsp3) is 0.169. The van der Waals surface area contributed by atoms with Crippen molar-refractivity contribution in [3.63, 3.8) is 0 Å². The summed E-state index contributed by atoms with van der Waals surface area (Å²) >= 11 is 0. The zero-order valence-corrected chi connectivity index (χ0v) is 38.6. The summed E-state index contributed by atoms with van der Waals surface area (Å²) in [5, 5.41) is 10.2. The van der Waals surface area contributed by atoms with Crippen LogP contribution in [0.25, 0.3) is 0 Å². The summed E-state index contributed by atoms with van der Waals surface area (Å²) in [5.41, 5.74) is 6.72. The standard InChI is InChI=1S/C59H54O10/c1-42(59(61)62-2)50-26-10-18-34-58(50)69-41-49-25-9-17-33-57(49)68-40-48-24-8-16-32-56(48)67-39-47-23-7-15-31-55(47)66-38-46-22-6-14-30-54(46)65-37-45-21-5-13-29-53(45)64-36-44-20-4-12-28-52(44)63-35-43-19-3-11-27-51(43)60/h3-34,42,60H,35-41H2,1-2H3. The number of ether oxygens (including phenoxy) is 8. The minimum absolute atomic E-state index is 0.195. The number of esters is 1. The molecule has 8 aromatic carbocycles. The highest BCUT2D eigenvalue weighted by molar-refractivity contribution is 5.78. The van der Waals surface area contributed by atoms with Gasteiger partial charge in [0.2, 0.25) is 0 Å². The van der Waals surface area contributed by atoms with Crippen molar-refractivity contribution >= 4 is 5.97 Å². The van der Waals surface area contributed by atoms with Gasteiger partial charge in [-0.25, -0.2) is 0 Å². The van der Waals surface area contributed by atoms with Crippen LogP contribution in [0, 0.1) is 0 Å². The van der Waals surface area contributed by atoms with Crippen molar-refractivity contribution < 1.29 is 47.8 Å². The van der Waals surface area contributed by atoms with E-state index in [0.29, 0.717) is 45.8 Å². The molecule has 0 saturated heterocycles. The second-order valence-corrected chi connectivity index (χ2v) is 16.1. The van der Waals surface area contributed by atoms with Gasteiger partial charge in [-0.1, -0.05) is 146 Å². The van der Waals surface area contributed by atoms with E-state index in [0.717, 1.165) is 38.9 Å². The highest BCUT2D eigenvalue weighted by Crippen LogP contribution is 2.32. The molecular weight excluding hydrogens is 869 g/mol. The molecule has 10 heteroatoms. The maximum Gasteiger partial charge on any atom is 0.312 e. The number of hydrogen-bond acceptors (Lipinski definition) is 10. The van der Waals surface area contributed by atoms with Crippen molar-refractivity contribution in [1.82, 2.24) is 0 Å². The second kappa shape index (κ2) is 23.9. The molecule has 0 spiro atoms. The van der Waals surface area contributed by atoms with Crippen LogP contribution in [0.1, 0.15) is 57.3 Å². The Kier molecular flexibility index (Phi) is 16.3. The molecule has 69 heavy (non-hydrogen) atoms. The minimum Gasteiger partial charge on any atom is -0.508 e. The van der Waals surface area contributed by atoms with Crippen LogP contribution in [0.3, 0.4) is 0 Å². The van der Waals surface area contributed by atoms with E-state index in [1.807, 2.05) is 182 Å². The molecule has 0 fully saturated rings. The Balaban J connectivity index is 0.859. The number of phenols is 1. The van der Waals surface area contributed by atoms with Gasteiger partial charge in [-0.2, -0.15) is 0 Å². The summed E-state index contributed by atoms with van der Waals surface area (Å²) in [7, 11) is 1.38. The minimum atomic E-state index is -0.473. The number of carbonyl (C=O) groups is 1. The van der Waals surface area contributed by atoms with Crippen LogP contribution >= 0.6 is 0 Å². The number of aromatic hydroxyl groups is 1. The van der Waals surface area contributed by atoms with Crippen LogP contribution in [-0.4, -0.2) is 18.2 Å². The Morgan fingerprint density at radius 3 is 0.884 bits per heavy atom. The maximum atomic E-state index is 12.3. The Bertz CT molecular complexity index is 2930. The fourth-order valence-corrected chi connectivity index (χ4v) is 7.58. The van der Waals surface area contributed by atoms with E-state index in [2.05, 4.69) is 0 Å². The first-order chi connectivity index (χ1) is 33.9. The van der Waals surface area contributed by atoms with Gasteiger partial charge in [0.05, 0.1) is 13.0 Å². The summed E-state index contributed by atoms with van der Waals surface area (Å²) < 4.78 is 49.4. The number of para-hydroxylation sites is 8. The van der Waals surface area contributed by atoms with Gasteiger partial charge in [-0.15, -0.1) is 0 Å². The van der Waals surface area contributed by atoms with Crippen LogP contribution in [0.4, 0.5) is 0 Å². The maximum absolute atomic E-state index is 12.3. The molecule has 0 amide bonds. The first kappa shape index (κ1) is 47.1. The molecule has 0 radical (unpaired) electrons. The number of benzene rings is 8. The van der Waals surface area contributed by atoms with Crippen molar-refractivity contribution in [3.8, 4) is 46.0 Å². The topological polar surface area (TPSA) is 111 Å². The van der Waals surface area contributed by atoms with Crippen LogP contribution < -0.4 is 33.2 Å². The third-order valence-electron chi connectivity index (χ3n) is 11.4. The van der Waals surface area contributed by atoms with Crippen molar-refractivity contribution in [1.29, 1.82) is 0 Å². The largest absolute Gasteiger partial charge is 0.508 e. The summed E-state index contributed by atoms with van der Waals surface area (Å²) in [6.07, 6.45) is 0. The molecule has 0 heterocycles. The summed E-state index contributed by atoms with van der Waals surface area (Å²) in [6, 6.07) is 61.4. The van der Waals surface area contributed by atoms with E-state index < -0.39 is 5.92 Å². The Morgan fingerprint density at radius 1 is 0.348 bits per heavy atom. The molecule has 8 rings (SSSR count). The predicted octanol–water partition coefficient (Wildman–Crippen LogP) is 12.7. The summed E-state index contributed by atoms with van der Waals surface area (Å²) in [5.74, 6) is 4.15. The van der Waals surface area contributed by atoms with Gasteiger partial charge in [-0.3, -0.25) is 4.79 Å². The molecule has 1 N–H and O–H groups in total. The van der Waals surface area contributed by atoms with Crippen LogP contribution in [-0.2, 0) is 55.8 Å². The van der Waals surface area contributed by atoms with Crippen molar-refractivity contribution in [2.24, 2.45) is 0 Å². The van der Waals surface area contributed by atoms with Gasteiger partial charge in [0.25, 0.3) is 0 Å². The zero-order chi connectivity index (χ0) is 47.6. The number of methoxy groups -OCH3 is 1. The van der Waals surface area contributed by atoms with E-state index in [4.69, 9.17) is 37.9 Å². The number of carbonyl (C=O) groups excluding carboxylic acids is 1. The molecule has 0 aliphatic heterocycles. The average molecular weight is 923 g/mol. The van der Waals surface area contributed by atoms with Gasteiger partial charge in [0.1, 0.15) is 92.2 Å². The van der Waals surface area contributed by atoms with Crippen LogP contribution in [0.15, 0.2) is 194 Å². The fourth-order valence-electron chi connectivity index (χ4n) is 7.58. The first-order valence-corrected chi connectivity index (χ1v) is 22.7. The molecule has 1 unspecified atom stereocenters. The summed E-state index contributed by atoms with van der Waals surface area (Å²) in [6.45, 7) is 3.63. The van der Waals surface area contributed by atoms with Gasteiger partial charge < -0.3 is 43.0 Å². The lowest BCUT2D eigenvalue weighted by Gasteiger charge is -2.18. The highest BCUT2D eigenvalue weighted by atomic mass is 16.5. The van der Waals surface area contributed by atoms with Gasteiger partial charge in [0, 0.05) is 44.5 Å². The molecule has 350 valence electrons. The third kappa shape index (κ3) is 12.8. The van der Waals surface area contributed by atoms with E-state index in [-0.39, 0.29) is 58.0 Å². The SMILES string of the molecule is COC(=O)C(C)c1ccccc1OCc1ccccc1OCc1ccccc1OCc1ccccc1OCc1ccccc1OCc1ccccc1OCc1ccccc1OCc1ccccc1O. The van der Waals surface area contributed by atoms with Crippen LogP contribution in [0.5, 0.6) is 46.0 Å². The molecule has 8 aromatic rings. The van der Waals surface area contributed by atoms with Gasteiger partial charge in [-0.05, 0) is 55.5 Å². The second-order valence-electron chi connectivity index (χ2n) is 16.1. The number of rotatable bonds is 23. The van der Waals surface area contributed by atoms with Crippen molar-refractivity contribution in [2.45, 2.75) is 59.1 Å². The van der Waals surface area contributed by atoms with Crippen LogP contribution in [0.2, 0.25) is 0 Å². The smallest absolute Gasteiger partial charge is 0.312 e. The van der Waals surface area contributed by atoms with E-state index in [1.165, 1.54) is 7.11 Å². The molecule has 0 aliphatic carbocycles. The zero-order valence-electron chi connectivity index (χ0n) is 38.6. The van der Waals surface area contributed by atoms with E-state index in [1.54, 1.807) is 19.1 Å². The van der Waals surface area contributed by atoms with Crippen molar-refractivity contribution in [3.05, 3.63) is 239 Å². The molecule has 0 saturated carbocycles. The molecular formula is C59H54O10. The summed E-state index contributed by atoms with van der Waals surface area (Å²) in [4.78, 5) is 12.3. The lowest BCUT2D eigenvalue weighted by molar-refractivity contribution is -0.142. The lowest BCUT2D eigenvalue weighted by atomic mass is 10.0. The number of hydrogen-bond donors (Lipinski definition) is 1. The lowest BCUT2D eigenvalue weighted by Crippen LogP contribution is -2.12. The molecule has 10 nitrogen and oxygen atoms in total. The monoisotopic (exact) mass is 922 g/mol. The highest BCUT2D eigenvalue weighted by Gasteiger charge is 2.20. The molecule has 0 aliphatic rings. The average Bonchev–Trinajstić information content (AvgIpc) is 3.40. The van der Waals surface area contributed by atoms with Crippen molar-refractivity contribution in [2.75, 3.05) is 7.11 Å². The van der Waals surface area contributed by atoms with E-state index in [9.17, 15) is 9.90 Å². The van der Waals surface area contributed by atoms with E-state index >= 15 is 0 Å². The molecule has 0 aromatic heterocycles. The Morgan fingerprint density at radius 2 is 0.580 bits per heavy atom. The molecule has 0 bridgehead atoms. The molecule has 1 atom stereocenters. The van der Waals surface area contributed by atoms with Gasteiger partial charge in [0.15, 0.2) is 0 Å². The predicted molar refractivity (Wildman–Crippen MR) is 264 cm³/mol. The first-order valence-electron chi connectivity index (χ1n) is 22.7. The van der Waals surface area contributed by atoms with Gasteiger partial charge >= 0.3 is 5.97 Å². The Labute approximate surface area is 403 Å². The normalized spacial score (nSPS) is 11.2. The quantitative estimate of drug-likeness (QED) is 0.0623.